The average molecular weight is 284 g/mol. The van der Waals surface area contributed by atoms with E-state index in [1.54, 1.807) is 12.1 Å². The topological polar surface area (TPSA) is 63.6 Å². The first-order valence-corrected chi connectivity index (χ1v) is 6.28. The van der Waals surface area contributed by atoms with E-state index in [1.807, 2.05) is 30.3 Å². The number of hydrogen-bond acceptors (Lipinski definition) is 3. The molecule has 1 aliphatic rings. The maximum atomic E-state index is 11.7. The van der Waals surface area contributed by atoms with Crippen LogP contribution in [0, 0.1) is 0 Å². The van der Waals surface area contributed by atoms with Gasteiger partial charge in [-0.2, -0.15) is 0 Å². The lowest BCUT2D eigenvalue weighted by Crippen LogP contribution is -2.21. The Morgan fingerprint density at radius 2 is 1.86 bits per heavy atom. The molecule has 0 saturated heterocycles. The summed E-state index contributed by atoms with van der Waals surface area (Å²) in [5.41, 5.74) is 1.92. The molecule has 0 spiro atoms. The number of fused-ring (bicyclic) bond motifs is 1. The third-order valence-corrected chi connectivity index (χ3v) is 3.43. The van der Waals surface area contributed by atoms with Crippen LogP contribution in [0.2, 0.25) is 0 Å². The summed E-state index contributed by atoms with van der Waals surface area (Å²) < 4.78 is 5.19. The minimum Gasteiger partial charge on any atom is -0.478 e. The van der Waals surface area contributed by atoms with E-state index < -0.39 is 5.97 Å². The molecular formula is C17H16O4. The number of hydrogen-bond donors (Lipinski definition) is 1. The molecule has 1 aliphatic heterocycles. The molecule has 0 amide bonds. The molecule has 4 heteroatoms. The first kappa shape index (κ1) is 14.8. The second kappa shape index (κ2) is 5.79. The van der Waals surface area contributed by atoms with Gasteiger partial charge in [-0.25, -0.2) is 4.79 Å². The van der Waals surface area contributed by atoms with Crippen LogP contribution in [0.5, 0.6) is 5.75 Å². The van der Waals surface area contributed by atoms with Gasteiger partial charge in [-0.3, -0.25) is 4.79 Å². The highest BCUT2D eigenvalue weighted by atomic mass is 16.5. The van der Waals surface area contributed by atoms with Gasteiger partial charge in [-0.1, -0.05) is 37.8 Å². The lowest BCUT2D eigenvalue weighted by molar-refractivity contribution is -0.135. The van der Waals surface area contributed by atoms with Gasteiger partial charge in [-0.15, -0.1) is 0 Å². The fraction of sp³-hybridized carbons (Fsp3) is 0.176. The second-order valence-electron chi connectivity index (χ2n) is 4.70. The van der Waals surface area contributed by atoms with Crippen molar-refractivity contribution in [2.75, 3.05) is 0 Å². The Kier molecular flexibility index (Phi) is 4.08. The van der Waals surface area contributed by atoms with Crippen LogP contribution >= 0.6 is 0 Å². The van der Waals surface area contributed by atoms with Crippen LogP contribution < -0.4 is 4.74 Å². The molecule has 1 atom stereocenters. The minimum atomic E-state index is -0.989. The molecule has 21 heavy (non-hydrogen) atoms. The molecule has 0 fully saturated rings. The summed E-state index contributed by atoms with van der Waals surface area (Å²) in [6.45, 7) is 0. The quantitative estimate of drug-likeness (QED) is 0.677. The highest BCUT2D eigenvalue weighted by Crippen LogP contribution is 2.39. The summed E-state index contributed by atoms with van der Waals surface area (Å²) in [5.74, 6) is -1.00. The molecule has 108 valence electrons. The average Bonchev–Trinajstić information content (AvgIpc) is 2.46. The standard InChI is InChI=1S/C16H12O4.CH4/c17-15-9-12(10-4-2-1-3-5-10)13-8-11(16(18)19)6-7-14(13)20-15;/h1-8,12H,9H2,(H,18,19);1H4/t12-;/m1./s1. The van der Waals surface area contributed by atoms with Crippen LogP contribution in [0.25, 0.3) is 0 Å². The van der Waals surface area contributed by atoms with E-state index in [1.165, 1.54) is 6.07 Å². The smallest absolute Gasteiger partial charge is 0.335 e. The zero-order valence-corrected chi connectivity index (χ0v) is 10.6. The first-order valence-electron chi connectivity index (χ1n) is 6.28. The van der Waals surface area contributed by atoms with Gasteiger partial charge in [0.05, 0.1) is 12.0 Å². The zero-order chi connectivity index (χ0) is 14.1. The lowest BCUT2D eigenvalue weighted by Gasteiger charge is -2.25. The Labute approximate surface area is 123 Å². The molecule has 2 aromatic carbocycles. The number of carbonyl (C=O) groups is 2. The van der Waals surface area contributed by atoms with Crippen molar-refractivity contribution in [3.63, 3.8) is 0 Å². The van der Waals surface area contributed by atoms with Crippen LogP contribution in [-0.2, 0) is 4.79 Å². The number of esters is 1. The van der Waals surface area contributed by atoms with Crippen molar-refractivity contribution in [3.8, 4) is 5.75 Å². The van der Waals surface area contributed by atoms with Gasteiger partial charge in [0.1, 0.15) is 5.75 Å². The molecular weight excluding hydrogens is 268 g/mol. The molecule has 0 radical (unpaired) electrons. The van der Waals surface area contributed by atoms with Crippen LogP contribution in [0.3, 0.4) is 0 Å². The number of carboxylic acid groups (broad SMARTS) is 1. The van der Waals surface area contributed by atoms with E-state index >= 15 is 0 Å². The first-order chi connectivity index (χ1) is 9.65. The third-order valence-electron chi connectivity index (χ3n) is 3.43. The zero-order valence-electron chi connectivity index (χ0n) is 10.6. The maximum Gasteiger partial charge on any atom is 0.335 e. The van der Waals surface area contributed by atoms with E-state index in [9.17, 15) is 9.59 Å². The van der Waals surface area contributed by atoms with Gasteiger partial charge in [0, 0.05) is 11.5 Å². The van der Waals surface area contributed by atoms with Gasteiger partial charge < -0.3 is 9.84 Å². The summed E-state index contributed by atoms with van der Waals surface area (Å²) in [5, 5.41) is 9.09. The summed E-state index contributed by atoms with van der Waals surface area (Å²) in [6.07, 6.45) is 0.222. The van der Waals surface area contributed by atoms with Crippen molar-refractivity contribution in [2.45, 2.75) is 19.8 Å². The summed E-state index contributed by atoms with van der Waals surface area (Å²) in [7, 11) is 0. The largest absolute Gasteiger partial charge is 0.478 e. The fourth-order valence-corrected chi connectivity index (χ4v) is 2.47. The molecule has 0 aromatic heterocycles. The van der Waals surface area contributed by atoms with Crippen LogP contribution in [-0.4, -0.2) is 17.0 Å². The monoisotopic (exact) mass is 284 g/mol. The summed E-state index contributed by atoms with van der Waals surface area (Å²) in [4.78, 5) is 22.8. The second-order valence-corrected chi connectivity index (χ2v) is 4.70. The molecule has 0 saturated carbocycles. The minimum absolute atomic E-state index is 0. The SMILES string of the molecule is C.O=C1C[C@H](c2ccccc2)c2cc(C(=O)O)ccc2O1. The Morgan fingerprint density at radius 1 is 1.14 bits per heavy atom. The molecule has 0 unspecified atom stereocenters. The number of aromatic carboxylic acids is 1. The van der Waals surface area contributed by atoms with Crippen molar-refractivity contribution >= 4 is 11.9 Å². The number of benzene rings is 2. The Morgan fingerprint density at radius 3 is 2.52 bits per heavy atom. The molecule has 1 N–H and O–H groups in total. The lowest BCUT2D eigenvalue weighted by atomic mass is 9.85. The molecule has 1 heterocycles. The number of carbonyl (C=O) groups excluding carboxylic acids is 1. The van der Waals surface area contributed by atoms with Crippen LogP contribution in [0.1, 0.15) is 41.3 Å². The third kappa shape index (κ3) is 2.79. The summed E-state index contributed by atoms with van der Waals surface area (Å²) >= 11 is 0. The fourth-order valence-electron chi connectivity index (χ4n) is 2.47. The highest BCUT2D eigenvalue weighted by molar-refractivity contribution is 5.89. The highest BCUT2D eigenvalue weighted by Gasteiger charge is 2.29. The molecule has 0 bridgehead atoms. The van der Waals surface area contributed by atoms with Crippen LogP contribution in [0.15, 0.2) is 48.5 Å². The molecule has 2 aromatic rings. The van der Waals surface area contributed by atoms with Gasteiger partial charge in [0.15, 0.2) is 0 Å². The number of rotatable bonds is 2. The molecule has 0 aliphatic carbocycles. The van der Waals surface area contributed by atoms with Gasteiger partial charge in [0.25, 0.3) is 0 Å². The maximum absolute atomic E-state index is 11.7. The van der Waals surface area contributed by atoms with Gasteiger partial charge >= 0.3 is 11.9 Å². The van der Waals surface area contributed by atoms with Crippen molar-refractivity contribution in [2.24, 2.45) is 0 Å². The predicted octanol–water partition coefficient (Wildman–Crippen LogP) is 3.46. The number of ether oxygens (including phenoxy) is 1. The molecule has 3 rings (SSSR count). The van der Waals surface area contributed by atoms with Crippen molar-refractivity contribution < 1.29 is 19.4 Å². The van der Waals surface area contributed by atoms with Crippen LogP contribution in [0.4, 0.5) is 0 Å². The van der Waals surface area contributed by atoms with Crippen molar-refractivity contribution in [1.82, 2.24) is 0 Å². The van der Waals surface area contributed by atoms with E-state index in [0.29, 0.717) is 5.75 Å². The van der Waals surface area contributed by atoms with E-state index in [0.717, 1.165) is 11.1 Å². The van der Waals surface area contributed by atoms with E-state index in [2.05, 4.69) is 0 Å². The van der Waals surface area contributed by atoms with Gasteiger partial charge in [-0.05, 0) is 23.8 Å². The Hall–Kier alpha value is -2.62. The Balaban J connectivity index is 0.00000161. The predicted molar refractivity (Wildman–Crippen MR) is 78.7 cm³/mol. The van der Waals surface area contributed by atoms with E-state index in [4.69, 9.17) is 9.84 Å². The van der Waals surface area contributed by atoms with Gasteiger partial charge in [0.2, 0.25) is 0 Å². The number of carboxylic acids is 1. The van der Waals surface area contributed by atoms with Crippen molar-refractivity contribution in [3.05, 3.63) is 65.2 Å². The van der Waals surface area contributed by atoms with Crippen molar-refractivity contribution in [1.29, 1.82) is 0 Å². The van der Waals surface area contributed by atoms with E-state index in [-0.39, 0.29) is 31.3 Å². The Bertz CT molecular complexity index is 676. The molecule has 4 nitrogen and oxygen atoms in total. The normalized spacial score (nSPS) is 16.4. The summed E-state index contributed by atoms with van der Waals surface area (Å²) in [6, 6.07) is 14.1.